The average molecular weight is 983 g/mol. The van der Waals surface area contributed by atoms with Gasteiger partial charge in [0.2, 0.25) is 26.6 Å². The molecule has 0 radical (unpaired) electrons. The number of hydrogen-bond donors (Lipinski definition) is 5. The number of H-pyrrole nitrogens is 2. The molecule has 0 aliphatic rings. The number of nitrogens with zero attached hydrogens (tertiary/aromatic N) is 6. The summed E-state index contributed by atoms with van der Waals surface area (Å²) in [6, 6.07) is 34.8. The number of amides is 2. The van der Waals surface area contributed by atoms with Gasteiger partial charge in [0.15, 0.2) is 0 Å². The van der Waals surface area contributed by atoms with E-state index >= 15 is 0 Å². The molecule has 4 atom stereocenters. The van der Waals surface area contributed by atoms with Crippen molar-refractivity contribution in [2.75, 3.05) is 18.9 Å². The number of nitrogens with one attached hydrogen (secondary N) is 4. The predicted molar refractivity (Wildman–Crippen MR) is 267 cm³/mol. The second kappa shape index (κ2) is 23.1. The third-order valence-corrected chi connectivity index (χ3v) is 15.9. The van der Waals surface area contributed by atoms with Crippen molar-refractivity contribution in [3.8, 4) is 11.9 Å². The second-order valence-electron chi connectivity index (χ2n) is 15.9. The molecule has 4 unspecified atom stereocenters. The van der Waals surface area contributed by atoms with Crippen molar-refractivity contribution >= 4 is 37.2 Å². The highest BCUT2D eigenvalue weighted by Gasteiger charge is 2.27. The van der Waals surface area contributed by atoms with Crippen LogP contribution in [0, 0.1) is 0 Å². The zero-order chi connectivity index (χ0) is 49.7. The molecule has 0 saturated carbocycles. The molecular weight excluding hydrogens is 931 g/mol. The number of rotatable bonds is 18. The summed E-state index contributed by atoms with van der Waals surface area (Å²) >= 11 is 0. The standard InChI is InChI=1S/C26H28N5O4P.C24H24N5O4P/c1-3-17-36(34,35-4-2)21-13-11-20(12-14-21)23(19-9-6-5-7-10-19)29-24(32)22-18-27-26(30-25(22)33)31-16-8-15-28-31;1-2-15-34(32,33)19-11-9-18(10-12-19)21(17-7-4-3-5-8-17)27-22(30)20-16-25-24(28-23(20)31)29-14-6-13-26-29/h5-16,18,23H,3-4,17H2,1-2H3,(H,29,32)(H,27,30,33);3-14,16,21H,2,15H2,1H3,(H,27,30)(H,32,33)(H,25,28,31). The Labute approximate surface area is 403 Å². The number of hydrogen-bond acceptors (Lipinski definition) is 11. The fourth-order valence-electron chi connectivity index (χ4n) is 7.54. The Morgan fingerprint density at radius 3 is 1.39 bits per heavy atom. The van der Waals surface area contributed by atoms with E-state index in [-0.39, 0.29) is 29.2 Å². The van der Waals surface area contributed by atoms with Gasteiger partial charge in [-0.2, -0.15) is 10.2 Å². The van der Waals surface area contributed by atoms with Crippen LogP contribution in [0.15, 0.2) is 168 Å². The molecule has 18 nitrogen and oxygen atoms in total. The van der Waals surface area contributed by atoms with Crippen LogP contribution in [0.3, 0.4) is 0 Å². The highest BCUT2D eigenvalue weighted by molar-refractivity contribution is 7.67. The Kier molecular flexibility index (Phi) is 16.6. The van der Waals surface area contributed by atoms with E-state index < -0.39 is 49.8 Å². The van der Waals surface area contributed by atoms with Gasteiger partial charge in [-0.15, -0.1) is 0 Å². The van der Waals surface area contributed by atoms with Gasteiger partial charge in [0.25, 0.3) is 22.9 Å². The SMILES string of the molecule is CCCP(=O)(O)c1ccc(C(NC(=O)c2cnc(-n3cccn3)[nH]c2=O)c2ccccc2)cc1.CCCP(=O)(OCC)c1ccc(C(NC(=O)c2cnc(-n3cccn3)[nH]c2=O)c2ccccc2)cc1. The quantitative estimate of drug-likeness (QED) is 0.0571. The summed E-state index contributed by atoms with van der Waals surface area (Å²) < 4.78 is 34.3. The van der Waals surface area contributed by atoms with Crippen LogP contribution in [0.25, 0.3) is 11.9 Å². The van der Waals surface area contributed by atoms with Crippen LogP contribution in [-0.4, -0.2) is 75.1 Å². The molecule has 20 heteroatoms. The largest absolute Gasteiger partial charge is 0.341 e. The van der Waals surface area contributed by atoms with Gasteiger partial charge in [-0.1, -0.05) is 98.8 Å². The van der Waals surface area contributed by atoms with Gasteiger partial charge in [0.05, 0.1) is 18.7 Å². The highest BCUT2D eigenvalue weighted by atomic mass is 31.2. The molecule has 5 N–H and O–H groups in total. The smallest absolute Gasteiger partial charge is 0.265 e. The molecule has 0 aliphatic carbocycles. The number of carbonyl (C=O) groups excluding carboxylic acids is 2. The van der Waals surface area contributed by atoms with Crippen molar-refractivity contribution in [3.05, 3.63) is 213 Å². The van der Waals surface area contributed by atoms with Gasteiger partial charge < -0.3 is 20.1 Å². The predicted octanol–water partition coefficient (Wildman–Crippen LogP) is 6.61. The first-order valence-corrected chi connectivity index (χ1v) is 26.2. The monoisotopic (exact) mass is 982 g/mol. The minimum atomic E-state index is -3.42. The van der Waals surface area contributed by atoms with Crippen molar-refractivity contribution in [2.45, 2.75) is 45.7 Å². The summed E-state index contributed by atoms with van der Waals surface area (Å²) in [5, 5.41) is 14.9. The van der Waals surface area contributed by atoms with Crippen molar-refractivity contribution < 1.29 is 28.1 Å². The number of aromatic amines is 2. The zero-order valence-electron chi connectivity index (χ0n) is 38.6. The Morgan fingerprint density at radius 1 is 0.600 bits per heavy atom. The van der Waals surface area contributed by atoms with Crippen LogP contribution in [0.2, 0.25) is 0 Å². The maximum Gasteiger partial charge on any atom is 0.265 e. The molecule has 70 heavy (non-hydrogen) atoms. The van der Waals surface area contributed by atoms with Crippen LogP contribution in [0.4, 0.5) is 0 Å². The first-order valence-electron chi connectivity index (χ1n) is 22.5. The first kappa shape index (κ1) is 50.3. The molecule has 0 bridgehead atoms. The van der Waals surface area contributed by atoms with Gasteiger partial charge in [0, 0.05) is 60.1 Å². The third kappa shape index (κ3) is 12.1. The van der Waals surface area contributed by atoms with E-state index in [2.05, 4.69) is 40.8 Å². The van der Waals surface area contributed by atoms with Gasteiger partial charge in [-0.05, 0) is 78.4 Å². The van der Waals surface area contributed by atoms with Gasteiger partial charge in [-0.25, -0.2) is 19.3 Å². The Bertz CT molecular complexity index is 3190. The van der Waals surface area contributed by atoms with Crippen LogP contribution < -0.4 is 32.4 Å². The summed E-state index contributed by atoms with van der Waals surface area (Å²) in [4.78, 5) is 75.2. The molecule has 0 saturated heterocycles. The van der Waals surface area contributed by atoms with E-state index in [9.17, 15) is 33.2 Å². The summed E-state index contributed by atoms with van der Waals surface area (Å²) in [6.07, 6.45) is 10.8. The molecule has 4 heterocycles. The van der Waals surface area contributed by atoms with E-state index in [1.807, 2.05) is 93.6 Å². The topological polar surface area (TPSA) is 249 Å². The maximum atomic E-state index is 13.3. The van der Waals surface area contributed by atoms with Gasteiger partial charge in [-0.3, -0.25) is 38.3 Å². The molecule has 2 amide bonds. The fraction of sp³-hybridized carbons (Fsp3) is 0.200. The van der Waals surface area contributed by atoms with Crippen molar-refractivity contribution in [2.24, 2.45) is 0 Å². The van der Waals surface area contributed by atoms with Crippen LogP contribution in [0.5, 0.6) is 0 Å². The van der Waals surface area contributed by atoms with E-state index in [1.165, 1.54) is 21.8 Å². The Balaban J connectivity index is 0.000000207. The van der Waals surface area contributed by atoms with E-state index in [1.54, 1.807) is 73.3 Å². The minimum Gasteiger partial charge on any atom is -0.341 e. The van der Waals surface area contributed by atoms with Gasteiger partial charge >= 0.3 is 0 Å². The normalized spacial score (nSPS) is 13.7. The molecule has 0 spiro atoms. The molecule has 0 fully saturated rings. The van der Waals surface area contributed by atoms with Crippen LogP contribution in [0.1, 0.15) is 88.7 Å². The highest BCUT2D eigenvalue weighted by Crippen LogP contribution is 2.46. The molecule has 8 rings (SSSR count). The number of aromatic nitrogens is 8. The summed E-state index contributed by atoms with van der Waals surface area (Å²) in [5.74, 6) is -0.762. The van der Waals surface area contributed by atoms with E-state index in [0.717, 1.165) is 23.1 Å². The summed E-state index contributed by atoms with van der Waals surface area (Å²) in [6.45, 7) is 6.02. The second-order valence-corrected chi connectivity index (χ2v) is 20.8. The van der Waals surface area contributed by atoms with Gasteiger partial charge in [0.1, 0.15) is 11.1 Å². The molecule has 4 aromatic heterocycles. The first-order chi connectivity index (χ1) is 33.8. The molecule has 8 aromatic rings. The lowest BCUT2D eigenvalue weighted by atomic mass is 9.98. The fourth-order valence-corrected chi connectivity index (χ4v) is 11.2. The maximum absolute atomic E-state index is 13.3. The minimum absolute atomic E-state index is 0.118. The van der Waals surface area contributed by atoms with E-state index in [0.29, 0.717) is 35.4 Å². The molecule has 360 valence electrons. The molecular formula is C50H52N10O8P2. The lowest BCUT2D eigenvalue weighted by molar-refractivity contribution is 0.0932. The number of carbonyl (C=O) groups is 2. The molecule has 0 aliphatic heterocycles. The summed E-state index contributed by atoms with van der Waals surface area (Å²) in [5.41, 5.74) is 1.67. The van der Waals surface area contributed by atoms with Crippen molar-refractivity contribution in [1.82, 2.24) is 50.1 Å². The zero-order valence-corrected chi connectivity index (χ0v) is 40.4. The average Bonchev–Trinajstić information content (AvgIpc) is 4.13. The lowest BCUT2D eigenvalue weighted by Crippen LogP contribution is -2.34. The van der Waals surface area contributed by atoms with Crippen molar-refractivity contribution in [3.63, 3.8) is 0 Å². The van der Waals surface area contributed by atoms with E-state index in [4.69, 9.17) is 4.52 Å². The number of benzene rings is 4. The van der Waals surface area contributed by atoms with Crippen molar-refractivity contribution in [1.29, 1.82) is 0 Å². The lowest BCUT2D eigenvalue weighted by Gasteiger charge is -2.22. The Morgan fingerprint density at radius 2 is 1.01 bits per heavy atom. The molecule has 4 aromatic carbocycles. The van der Waals surface area contributed by atoms with Crippen LogP contribution in [-0.2, 0) is 13.7 Å². The summed E-state index contributed by atoms with van der Waals surface area (Å²) in [7, 11) is -6.37. The Hall–Kier alpha value is -7.62. The third-order valence-electron chi connectivity index (χ3n) is 11.0. The van der Waals surface area contributed by atoms with Crippen LogP contribution >= 0.6 is 14.7 Å².